The molecule has 1 rings (SSSR count). The van der Waals surface area contributed by atoms with Crippen LogP contribution in [0.2, 0.25) is 0 Å². The van der Waals surface area contributed by atoms with E-state index in [1.54, 1.807) is 0 Å². The number of carbonyl (C=O) groups is 1. The Morgan fingerprint density at radius 3 is 2.89 bits per heavy atom. The molecule has 0 spiro atoms. The lowest BCUT2D eigenvalue weighted by atomic mass is 10.4. The highest BCUT2D eigenvalue weighted by Crippen LogP contribution is 2.27. The molecule has 0 amide bonds. The number of nitrogens with one attached hydrogen (secondary N) is 1. The van der Waals surface area contributed by atoms with Crippen molar-refractivity contribution in [2.75, 3.05) is 6.54 Å². The number of hydrogen-bond acceptors (Lipinski definition) is 3. The van der Waals surface area contributed by atoms with Gasteiger partial charge >= 0.3 is 5.97 Å². The molecular formula is C6H11NO2. The quantitative estimate of drug-likeness (QED) is 0.563. The molecule has 1 N–H and O–H groups in total. The molecule has 0 aromatic rings. The molecule has 0 bridgehead atoms. The number of hydrogen-bond donors (Lipinski definition) is 1. The molecule has 52 valence electrons. The van der Waals surface area contributed by atoms with E-state index in [2.05, 4.69) is 10.3 Å². The van der Waals surface area contributed by atoms with Gasteiger partial charge < -0.3 is 4.84 Å². The van der Waals surface area contributed by atoms with Crippen LogP contribution in [0.25, 0.3) is 0 Å². The van der Waals surface area contributed by atoms with Crippen LogP contribution in [-0.4, -0.2) is 12.5 Å². The van der Waals surface area contributed by atoms with E-state index in [4.69, 9.17) is 0 Å². The van der Waals surface area contributed by atoms with Crippen molar-refractivity contribution >= 4 is 5.97 Å². The van der Waals surface area contributed by atoms with Crippen molar-refractivity contribution in [3.8, 4) is 0 Å². The Hall–Kier alpha value is -0.570. The van der Waals surface area contributed by atoms with Crippen molar-refractivity contribution in [2.24, 2.45) is 5.92 Å². The monoisotopic (exact) mass is 129 g/mol. The van der Waals surface area contributed by atoms with Crippen molar-refractivity contribution in [1.82, 2.24) is 5.48 Å². The van der Waals surface area contributed by atoms with Gasteiger partial charge in [-0.05, 0) is 18.8 Å². The Kier molecular flexibility index (Phi) is 2.05. The van der Waals surface area contributed by atoms with Gasteiger partial charge in [0.15, 0.2) is 0 Å². The normalized spacial score (nSPS) is 17.4. The zero-order valence-electron chi connectivity index (χ0n) is 5.52. The van der Waals surface area contributed by atoms with Gasteiger partial charge in [0, 0.05) is 13.5 Å². The standard InChI is InChI=1S/C6H11NO2/c1-5(8)9-7-4-6-2-3-6/h6-7H,2-4H2,1H3. The Bertz CT molecular complexity index is 110. The minimum atomic E-state index is -0.268. The number of rotatable bonds is 3. The van der Waals surface area contributed by atoms with Crippen molar-refractivity contribution < 1.29 is 9.63 Å². The van der Waals surface area contributed by atoms with E-state index < -0.39 is 0 Å². The summed E-state index contributed by atoms with van der Waals surface area (Å²) >= 11 is 0. The first-order valence-corrected chi connectivity index (χ1v) is 3.19. The SMILES string of the molecule is CC(=O)ONCC1CC1. The molecule has 1 aliphatic rings. The lowest BCUT2D eigenvalue weighted by Gasteiger charge is -1.99. The average Bonchev–Trinajstić information content (AvgIpc) is 2.48. The summed E-state index contributed by atoms with van der Waals surface area (Å²) in [5, 5.41) is 0. The first-order valence-electron chi connectivity index (χ1n) is 3.19. The van der Waals surface area contributed by atoms with Gasteiger partial charge in [-0.3, -0.25) is 4.79 Å². The van der Waals surface area contributed by atoms with Crippen molar-refractivity contribution in [3.63, 3.8) is 0 Å². The molecule has 0 unspecified atom stereocenters. The minimum absolute atomic E-state index is 0.268. The summed E-state index contributed by atoms with van der Waals surface area (Å²) in [5.74, 6) is 0.486. The minimum Gasteiger partial charge on any atom is -0.371 e. The molecule has 0 atom stereocenters. The summed E-state index contributed by atoms with van der Waals surface area (Å²) in [6.07, 6.45) is 2.54. The van der Waals surface area contributed by atoms with E-state index in [1.165, 1.54) is 19.8 Å². The van der Waals surface area contributed by atoms with E-state index in [0.717, 1.165) is 12.5 Å². The lowest BCUT2D eigenvalue weighted by Crippen LogP contribution is -2.20. The van der Waals surface area contributed by atoms with Crippen molar-refractivity contribution in [2.45, 2.75) is 19.8 Å². The number of hydroxylamine groups is 1. The summed E-state index contributed by atoms with van der Waals surface area (Å²) in [6, 6.07) is 0. The molecule has 0 aliphatic heterocycles. The summed E-state index contributed by atoms with van der Waals surface area (Å²) < 4.78 is 0. The van der Waals surface area contributed by atoms with Crippen LogP contribution in [0.1, 0.15) is 19.8 Å². The van der Waals surface area contributed by atoms with Crippen LogP contribution in [-0.2, 0) is 9.63 Å². The molecular weight excluding hydrogens is 118 g/mol. The van der Waals surface area contributed by atoms with Crippen LogP contribution in [0.15, 0.2) is 0 Å². The fourth-order valence-corrected chi connectivity index (χ4v) is 0.583. The van der Waals surface area contributed by atoms with E-state index in [0.29, 0.717) is 0 Å². The molecule has 0 saturated heterocycles. The molecule has 3 nitrogen and oxygen atoms in total. The van der Waals surface area contributed by atoms with Crippen LogP contribution in [0, 0.1) is 5.92 Å². The molecule has 0 heterocycles. The van der Waals surface area contributed by atoms with Gasteiger partial charge in [-0.25, -0.2) is 0 Å². The second-order valence-electron chi connectivity index (χ2n) is 2.39. The highest BCUT2D eigenvalue weighted by atomic mass is 16.7. The van der Waals surface area contributed by atoms with Crippen molar-refractivity contribution in [3.05, 3.63) is 0 Å². The van der Waals surface area contributed by atoms with Crippen LogP contribution < -0.4 is 5.48 Å². The molecule has 9 heavy (non-hydrogen) atoms. The van der Waals surface area contributed by atoms with Crippen LogP contribution in [0.5, 0.6) is 0 Å². The molecule has 3 heteroatoms. The van der Waals surface area contributed by atoms with Gasteiger partial charge in [-0.1, -0.05) is 0 Å². The zero-order chi connectivity index (χ0) is 6.69. The predicted molar refractivity (Wildman–Crippen MR) is 32.5 cm³/mol. The molecule has 0 aromatic heterocycles. The first kappa shape index (κ1) is 6.55. The number of carbonyl (C=O) groups excluding carboxylic acids is 1. The topological polar surface area (TPSA) is 38.3 Å². The third kappa shape index (κ3) is 3.08. The fourth-order valence-electron chi connectivity index (χ4n) is 0.583. The van der Waals surface area contributed by atoms with E-state index in [9.17, 15) is 4.79 Å². The van der Waals surface area contributed by atoms with Crippen LogP contribution in [0.4, 0.5) is 0 Å². The molecule has 0 radical (unpaired) electrons. The predicted octanol–water partition coefficient (Wildman–Crippen LogP) is 0.464. The zero-order valence-corrected chi connectivity index (χ0v) is 5.52. The first-order chi connectivity index (χ1) is 4.29. The van der Waals surface area contributed by atoms with Crippen molar-refractivity contribution in [1.29, 1.82) is 0 Å². The lowest BCUT2D eigenvalue weighted by molar-refractivity contribution is -0.148. The van der Waals surface area contributed by atoms with E-state index in [1.807, 2.05) is 0 Å². The fraction of sp³-hybridized carbons (Fsp3) is 0.833. The highest BCUT2D eigenvalue weighted by molar-refractivity contribution is 5.65. The van der Waals surface area contributed by atoms with Gasteiger partial charge in [0.25, 0.3) is 0 Å². The Balaban J connectivity index is 1.86. The van der Waals surface area contributed by atoms with Crippen LogP contribution >= 0.6 is 0 Å². The summed E-state index contributed by atoms with van der Waals surface area (Å²) in [4.78, 5) is 14.7. The molecule has 1 aliphatic carbocycles. The molecule has 0 aromatic carbocycles. The third-order valence-electron chi connectivity index (χ3n) is 1.28. The Morgan fingerprint density at radius 2 is 2.44 bits per heavy atom. The maximum atomic E-state index is 10.2. The maximum Gasteiger partial charge on any atom is 0.321 e. The smallest absolute Gasteiger partial charge is 0.321 e. The van der Waals surface area contributed by atoms with Gasteiger partial charge in [0.2, 0.25) is 0 Å². The van der Waals surface area contributed by atoms with Gasteiger partial charge in [-0.15, -0.1) is 0 Å². The van der Waals surface area contributed by atoms with Gasteiger partial charge in [0.05, 0.1) is 0 Å². The van der Waals surface area contributed by atoms with Gasteiger partial charge in [-0.2, -0.15) is 5.48 Å². The highest BCUT2D eigenvalue weighted by Gasteiger charge is 2.20. The molecule has 1 fully saturated rings. The van der Waals surface area contributed by atoms with Crippen LogP contribution in [0.3, 0.4) is 0 Å². The van der Waals surface area contributed by atoms with E-state index in [-0.39, 0.29) is 5.97 Å². The second-order valence-corrected chi connectivity index (χ2v) is 2.39. The summed E-state index contributed by atoms with van der Waals surface area (Å²) in [5.41, 5.74) is 2.60. The second kappa shape index (κ2) is 2.82. The summed E-state index contributed by atoms with van der Waals surface area (Å²) in [6.45, 7) is 2.21. The Labute approximate surface area is 54.3 Å². The molecule has 1 saturated carbocycles. The van der Waals surface area contributed by atoms with E-state index >= 15 is 0 Å². The Morgan fingerprint density at radius 1 is 1.78 bits per heavy atom. The maximum absolute atomic E-state index is 10.2. The largest absolute Gasteiger partial charge is 0.371 e. The summed E-state index contributed by atoms with van der Waals surface area (Å²) in [7, 11) is 0. The third-order valence-corrected chi connectivity index (χ3v) is 1.28. The van der Waals surface area contributed by atoms with Gasteiger partial charge in [0.1, 0.15) is 0 Å². The average molecular weight is 129 g/mol.